The molecular weight excluding hydrogens is 272 g/mol. The first-order valence-electron chi connectivity index (χ1n) is 6.92. The molecule has 2 nitrogen and oxygen atoms in total. The molecule has 0 aromatic heterocycles. The van der Waals surface area contributed by atoms with Crippen molar-refractivity contribution < 1.29 is 13.6 Å². The van der Waals surface area contributed by atoms with Crippen LogP contribution >= 0.6 is 0 Å². The molecule has 2 unspecified atom stereocenters. The third-order valence-electron chi connectivity index (χ3n) is 3.84. The first kappa shape index (κ1) is 13.7. The van der Waals surface area contributed by atoms with Gasteiger partial charge in [0.15, 0.2) is 0 Å². The Bertz CT molecular complexity index is 654. The second-order valence-corrected chi connectivity index (χ2v) is 5.31. The zero-order valence-electron chi connectivity index (χ0n) is 11.4. The van der Waals surface area contributed by atoms with Gasteiger partial charge in [0, 0.05) is 18.0 Å². The number of amides is 1. The minimum absolute atomic E-state index is 0.0763. The second kappa shape index (κ2) is 5.64. The van der Waals surface area contributed by atoms with Crippen LogP contribution < -0.4 is 5.32 Å². The van der Waals surface area contributed by atoms with Gasteiger partial charge in [0.25, 0.3) is 0 Å². The molecule has 0 aliphatic heterocycles. The molecule has 1 fully saturated rings. The summed E-state index contributed by atoms with van der Waals surface area (Å²) in [6, 6.07) is 12.6. The maximum Gasteiger partial charge on any atom is 0.224 e. The maximum atomic E-state index is 13.4. The molecule has 0 spiro atoms. The van der Waals surface area contributed by atoms with E-state index in [4.69, 9.17) is 0 Å². The average molecular weight is 287 g/mol. The Labute approximate surface area is 121 Å². The Hall–Kier alpha value is -2.23. The zero-order valence-corrected chi connectivity index (χ0v) is 11.4. The molecule has 0 saturated heterocycles. The minimum Gasteiger partial charge on any atom is -0.352 e. The van der Waals surface area contributed by atoms with Crippen molar-refractivity contribution in [2.45, 2.75) is 18.9 Å². The molecule has 1 aliphatic rings. The van der Waals surface area contributed by atoms with E-state index in [2.05, 4.69) is 5.32 Å². The lowest BCUT2D eigenvalue weighted by atomic mass is 10.1. The fraction of sp³-hybridized carbons (Fsp3) is 0.235. The molecule has 2 aromatic rings. The highest BCUT2D eigenvalue weighted by Gasteiger charge is 2.43. The molecule has 4 heteroatoms. The van der Waals surface area contributed by atoms with Gasteiger partial charge in [-0.3, -0.25) is 4.79 Å². The van der Waals surface area contributed by atoms with Crippen LogP contribution in [0.3, 0.4) is 0 Å². The number of hydrogen-bond donors (Lipinski definition) is 1. The average Bonchev–Trinajstić information content (AvgIpc) is 3.27. The highest BCUT2D eigenvalue weighted by atomic mass is 19.1. The van der Waals surface area contributed by atoms with Gasteiger partial charge >= 0.3 is 0 Å². The molecule has 108 valence electrons. The van der Waals surface area contributed by atoms with Gasteiger partial charge in [-0.1, -0.05) is 30.3 Å². The Morgan fingerprint density at radius 1 is 1.10 bits per heavy atom. The lowest BCUT2D eigenvalue weighted by molar-refractivity contribution is -0.122. The Morgan fingerprint density at radius 3 is 2.52 bits per heavy atom. The molecule has 0 radical (unpaired) electrons. The largest absolute Gasteiger partial charge is 0.352 e. The van der Waals surface area contributed by atoms with E-state index in [-0.39, 0.29) is 35.9 Å². The fourth-order valence-corrected chi connectivity index (χ4v) is 2.52. The van der Waals surface area contributed by atoms with Crippen LogP contribution in [0.25, 0.3) is 0 Å². The maximum absolute atomic E-state index is 13.4. The van der Waals surface area contributed by atoms with Gasteiger partial charge in [-0.2, -0.15) is 0 Å². The van der Waals surface area contributed by atoms with E-state index in [9.17, 15) is 13.6 Å². The van der Waals surface area contributed by atoms with Crippen LogP contribution in [0.2, 0.25) is 0 Å². The van der Waals surface area contributed by atoms with E-state index in [1.54, 1.807) is 30.3 Å². The van der Waals surface area contributed by atoms with Gasteiger partial charge in [0.05, 0.1) is 0 Å². The molecule has 1 aliphatic carbocycles. The van der Waals surface area contributed by atoms with Crippen LogP contribution in [-0.4, -0.2) is 5.91 Å². The summed E-state index contributed by atoms with van der Waals surface area (Å²) in [7, 11) is 0. The summed E-state index contributed by atoms with van der Waals surface area (Å²) >= 11 is 0. The first-order chi connectivity index (χ1) is 10.1. The zero-order chi connectivity index (χ0) is 14.8. The van der Waals surface area contributed by atoms with Crippen molar-refractivity contribution >= 4 is 5.91 Å². The van der Waals surface area contributed by atoms with Crippen LogP contribution in [0.15, 0.2) is 48.5 Å². The second-order valence-electron chi connectivity index (χ2n) is 5.31. The predicted molar refractivity (Wildman–Crippen MR) is 75.5 cm³/mol. The summed E-state index contributed by atoms with van der Waals surface area (Å²) in [6.07, 6.45) is 0.759. The number of halogens is 2. The number of benzene rings is 2. The standard InChI is InChI=1S/C17H15F2NO/c18-13-7-5-11(6-8-13)14-9-15(14)17(21)20-10-12-3-1-2-4-16(12)19/h1-8,14-15H,9-10H2,(H,20,21). The van der Waals surface area contributed by atoms with Crippen LogP contribution in [0.5, 0.6) is 0 Å². The predicted octanol–water partition coefficient (Wildman–Crippen LogP) is 3.38. The molecule has 2 atom stereocenters. The van der Waals surface area contributed by atoms with E-state index in [1.807, 2.05) is 0 Å². The summed E-state index contributed by atoms with van der Waals surface area (Å²) < 4.78 is 26.3. The van der Waals surface area contributed by atoms with E-state index >= 15 is 0 Å². The van der Waals surface area contributed by atoms with Gasteiger partial charge < -0.3 is 5.32 Å². The van der Waals surface area contributed by atoms with Gasteiger partial charge in [0.2, 0.25) is 5.91 Å². The van der Waals surface area contributed by atoms with Gasteiger partial charge in [-0.25, -0.2) is 8.78 Å². The summed E-state index contributed by atoms with van der Waals surface area (Å²) in [4.78, 5) is 12.0. The highest BCUT2D eigenvalue weighted by Crippen LogP contribution is 2.47. The SMILES string of the molecule is O=C(NCc1ccccc1F)C1CC1c1ccc(F)cc1. The third-order valence-corrected chi connectivity index (χ3v) is 3.84. The van der Waals surface area contributed by atoms with Crippen molar-refractivity contribution in [1.29, 1.82) is 0 Å². The lowest BCUT2D eigenvalue weighted by Crippen LogP contribution is -2.25. The quantitative estimate of drug-likeness (QED) is 0.917. The van der Waals surface area contributed by atoms with Crippen LogP contribution in [-0.2, 0) is 11.3 Å². The van der Waals surface area contributed by atoms with E-state index in [1.165, 1.54) is 18.2 Å². The van der Waals surface area contributed by atoms with E-state index in [0.29, 0.717) is 5.56 Å². The summed E-state index contributed by atoms with van der Waals surface area (Å²) in [5, 5.41) is 2.76. The van der Waals surface area contributed by atoms with Crippen molar-refractivity contribution in [3.05, 3.63) is 71.3 Å². The molecule has 1 N–H and O–H groups in total. The van der Waals surface area contributed by atoms with Crippen molar-refractivity contribution in [1.82, 2.24) is 5.32 Å². The summed E-state index contributed by atoms with van der Waals surface area (Å²) in [6.45, 7) is 0.193. The fourth-order valence-electron chi connectivity index (χ4n) is 2.52. The van der Waals surface area contributed by atoms with Crippen molar-refractivity contribution in [2.75, 3.05) is 0 Å². The molecule has 1 saturated carbocycles. The molecule has 21 heavy (non-hydrogen) atoms. The minimum atomic E-state index is -0.316. The van der Waals surface area contributed by atoms with Gasteiger partial charge in [-0.05, 0) is 36.1 Å². The van der Waals surface area contributed by atoms with Crippen molar-refractivity contribution in [3.63, 3.8) is 0 Å². The van der Waals surface area contributed by atoms with Crippen LogP contribution in [0.4, 0.5) is 8.78 Å². The Kier molecular flexibility index (Phi) is 3.69. The monoisotopic (exact) mass is 287 g/mol. The number of rotatable bonds is 4. The van der Waals surface area contributed by atoms with Gasteiger partial charge in [-0.15, -0.1) is 0 Å². The Morgan fingerprint density at radius 2 is 1.81 bits per heavy atom. The topological polar surface area (TPSA) is 29.1 Å². The van der Waals surface area contributed by atoms with Crippen LogP contribution in [0.1, 0.15) is 23.5 Å². The van der Waals surface area contributed by atoms with Crippen molar-refractivity contribution in [3.8, 4) is 0 Å². The number of hydrogen-bond acceptors (Lipinski definition) is 1. The number of carbonyl (C=O) groups is 1. The van der Waals surface area contributed by atoms with Gasteiger partial charge in [0.1, 0.15) is 11.6 Å². The third kappa shape index (κ3) is 3.10. The smallest absolute Gasteiger partial charge is 0.224 e. The number of carbonyl (C=O) groups excluding carboxylic acids is 1. The summed E-state index contributed by atoms with van der Waals surface area (Å²) in [5.41, 5.74) is 1.45. The lowest BCUT2D eigenvalue weighted by Gasteiger charge is -2.06. The summed E-state index contributed by atoms with van der Waals surface area (Å²) in [5.74, 6) is -0.621. The highest BCUT2D eigenvalue weighted by molar-refractivity contribution is 5.82. The molecule has 0 heterocycles. The van der Waals surface area contributed by atoms with Crippen molar-refractivity contribution in [2.24, 2.45) is 5.92 Å². The molecule has 0 bridgehead atoms. The Balaban J connectivity index is 1.56. The normalized spacial score (nSPS) is 20.1. The van der Waals surface area contributed by atoms with E-state index < -0.39 is 0 Å². The van der Waals surface area contributed by atoms with E-state index in [0.717, 1.165) is 12.0 Å². The van der Waals surface area contributed by atoms with Crippen LogP contribution in [0, 0.1) is 17.6 Å². The molecular formula is C17H15F2NO. The molecule has 1 amide bonds. The first-order valence-corrected chi connectivity index (χ1v) is 6.92. The molecule has 2 aromatic carbocycles. The number of nitrogens with one attached hydrogen (secondary N) is 1. The molecule has 3 rings (SSSR count).